The summed E-state index contributed by atoms with van der Waals surface area (Å²) in [7, 11) is 0. The van der Waals surface area contributed by atoms with Crippen molar-refractivity contribution in [1.29, 1.82) is 0 Å². The minimum atomic E-state index is 0.451. The summed E-state index contributed by atoms with van der Waals surface area (Å²) < 4.78 is 5.54. The van der Waals surface area contributed by atoms with Crippen LogP contribution in [0, 0.1) is 11.8 Å². The van der Waals surface area contributed by atoms with Crippen LogP contribution < -0.4 is 10.6 Å². The minimum Gasteiger partial charge on any atom is -0.378 e. The largest absolute Gasteiger partial charge is 0.378 e. The molecule has 0 bridgehead atoms. The zero-order valence-corrected chi connectivity index (χ0v) is 11.1. The fourth-order valence-corrected chi connectivity index (χ4v) is 2.06. The van der Waals surface area contributed by atoms with Crippen LogP contribution in [0.2, 0.25) is 0 Å². The molecule has 1 fully saturated rings. The minimum absolute atomic E-state index is 0.451. The van der Waals surface area contributed by atoms with E-state index in [1.54, 1.807) is 0 Å². The van der Waals surface area contributed by atoms with E-state index in [-0.39, 0.29) is 0 Å². The second-order valence-corrected chi connectivity index (χ2v) is 5.28. The van der Waals surface area contributed by atoms with Gasteiger partial charge in [-0.2, -0.15) is 0 Å². The Morgan fingerprint density at radius 3 is 2.62 bits per heavy atom. The monoisotopic (exact) mass is 228 g/mol. The zero-order valence-electron chi connectivity index (χ0n) is 11.1. The van der Waals surface area contributed by atoms with Gasteiger partial charge in [0.2, 0.25) is 0 Å². The molecule has 0 aromatic heterocycles. The molecule has 1 aliphatic rings. The molecule has 1 aliphatic heterocycles. The van der Waals surface area contributed by atoms with E-state index >= 15 is 0 Å². The predicted octanol–water partition coefficient (Wildman–Crippen LogP) is 1.64. The standard InChI is InChI=1S/C13H28N2O/c1-11(2)9-14-6-4-7-15-10-13-5-8-16-12(13)3/h11-15H,4-10H2,1-3H3. The highest BCUT2D eigenvalue weighted by Crippen LogP contribution is 2.18. The van der Waals surface area contributed by atoms with Gasteiger partial charge in [0.15, 0.2) is 0 Å². The second-order valence-electron chi connectivity index (χ2n) is 5.28. The van der Waals surface area contributed by atoms with Gasteiger partial charge in [-0.1, -0.05) is 13.8 Å². The third-order valence-electron chi connectivity index (χ3n) is 3.20. The molecular formula is C13H28N2O. The molecule has 2 unspecified atom stereocenters. The Morgan fingerprint density at radius 1 is 1.25 bits per heavy atom. The van der Waals surface area contributed by atoms with Crippen molar-refractivity contribution in [2.24, 2.45) is 11.8 Å². The maximum atomic E-state index is 5.54. The van der Waals surface area contributed by atoms with Crippen molar-refractivity contribution < 1.29 is 4.74 Å². The molecule has 1 saturated heterocycles. The van der Waals surface area contributed by atoms with Gasteiger partial charge < -0.3 is 15.4 Å². The van der Waals surface area contributed by atoms with Crippen molar-refractivity contribution in [3.63, 3.8) is 0 Å². The van der Waals surface area contributed by atoms with Crippen molar-refractivity contribution in [2.45, 2.75) is 39.7 Å². The van der Waals surface area contributed by atoms with Crippen molar-refractivity contribution in [3.8, 4) is 0 Å². The van der Waals surface area contributed by atoms with Gasteiger partial charge >= 0.3 is 0 Å². The van der Waals surface area contributed by atoms with Crippen LogP contribution in [-0.2, 0) is 4.74 Å². The molecule has 0 saturated carbocycles. The van der Waals surface area contributed by atoms with E-state index in [0.717, 1.165) is 44.6 Å². The maximum Gasteiger partial charge on any atom is 0.0588 e. The lowest BCUT2D eigenvalue weighted by Gasteiger charge is -2.14. The Bertz CT molecular complexity index is 173. The molecule has 2 atom stereocenters. The Balaban J connectivity index is 1.84. The van der Waals surface area contributed by atoms with Crippen LogP contribution in [0.5, 0.6) is 0 Å². The van der Waals surface area contributed by atoms with Gasteiger partial charge in [-0.05, 0) is 51.2 Å². The summed E-state index contributed by atoms with van der Waals surface area (Å²) in [4.78, 5) is 0. The first-order valence-electron chi connectivity index (χ1n) is 6.73. The van der Waals surface area contributed by atoms with Crippen molar-refractivity contribution in [2.75, 3.05) is 32.8 Å². The normalized spacial score (nSPS) is 25.5. The number of hydrogen-bond donors (Lipinski definition) is 2. The summed E-state index contributed by atoms with van der Waals surface area (Å²) in [5, 5.41) is 6.98. The SMILES string of the molecule is CC(C)CNCCCNCC1CCOC1C. The molecule has 0 radical (unpaired) electrons. The van der Waals surface area contributed by atoms with Gasteiger partial charge in [-0.15, -0.1) is 0 Å². The van der Waals surface area contributed by atoms with Crippen LogP contribution in [0.15, 0.2) is 0 Å². The number of nitrogens with one attached hydrogen (secondary N) is 2. The molecular weight excluding hydrogens is 200 g/mol. The van der Waals surface area contributed by atoms with Crippen LogP contribution in [0.3, 0.4) is 0 Å². The van der Waals surface area contributed by atoms with E-state index in [2.05, 4.69) is 31.4 Å². The average molecular weight is 228 g/mol. The lowest BCUT2D eigenvalue weighted by molar-refractivity contribution is 0.105. The summed E-state index contributed by atoms with van der Waals surface area (Å²) >= 11 is 0. The Kier molecular flexibility index (Phi) is 7.01. The van der Waals surface area contributed by atoms with E-state index < -0.39 is 0 Å². The Hall–Kier alpha value is -0.120. The number of rotatable bonds is 8. The molecule has 2 N–H and O–H groups in total. The lowest BCUT2D eigenvalue weighted by atomic mass is 10.0. The third-order valence-corrected chi connectivity index (χ3v) is 3.20. The smallest absolute Gasteiger partial charge is 0.0588 e. The zero-order chi connectivity index (χ0) is 11.8. The summed E-state index contributed by atoms with van der Waals surface area (Å²) in [6.45, 7) is 12.1. The van der Waals surface area contributed by atoms with Crippen LogP contribution >= 0.6 is 0 Å². The van der Waals surface area contributed by atoms with Crippen LogP contribution in [0.25, 0.3) is 0 Å². The van der Waals surface area contributed by atoms with E-state index in [0.29, 0.717) is 6.10 Å². The van der Waals surface area contributed by atoms with Gasteiger partial charge in [0.1, 0.15) is 0 Å². The second kappa shape index (κ2) is 8.04. The molecule has 0 aromatic carbocycles. The van der Waals surface area contributed by atoms with E-state index in [4.69, 9.17) is 4.74 Å². The highest BCUT2D eigenvalue weighted by atomic mass is 16.5. The first kappa shape index (κ1) is 13.9. The Morgan fingerprint density at radius 2 is 2.00 bits per heavy atom. The highest BCUT2D eigenvalue weighted by molar-refractivity contribution is 4.74. The lowest BCUT2D eigenvalue weighted by Crippen LogP contribution is -2.30. The molecule has 0 aliphatic carbocycles. The summed E-state index contributed by atoms with van der Waals surface area (Å²) in [6, 6.07) is 0. The molecule has 0 aromatic rings. The van der Waals surface area contributed by atoms with Crippen molar-refractivity contribution in [3.05, 3.63) is 0 Å². The molecule has 1 heterocycles. The number of ether oxygens (including phenoxy) is 1. The fourth-order valence-electron chi connectivity index (χ4n) is 2.06. The summed E-state index contributed by atoms with van der Waals surface area (Å²) in [5.74, 6) is 1.48. The molecule has 3 heteroatoms. The van der Waals surface area contributed by atoms with Gasteiger partial charge in [0.05, 0.1) is 6.10 Å². The number of hydrogen-bond acceptors (Lipinski definition) is 3. The van der Waals surface area contributed by atoms with Crippen molar-refractivity contribution >= 4 is 0 Å². The molecule has 0 spiro atoms. The van der Waals surface area contributed by atoms with E-state index in [9.17, 15) is 0 Å². The predicted molar refractivity (Wildman–Crippen MR) is 68.7 cm³/mol. The first-order valence-corrected chi connectivity index (χ1v) is 6.73. The van der Waals surface area contributed by atoms with Crippen molar-refractivity contribution in [1.82, 2.24) is 10.6 Å². The molecule has 16 heavy (non-hydrogen) atoms. The third kappa shape index (κ3) is 5.83. The highest BCUT2D eigenvalue weighted by Gasteiger charge is 2.23. The van der Waals surface area contributed by atoms with Crippen LogP contribution in [0.1, 0.15) is 33.6 Å². The summed E-state index contributed by atoms with van der Waals surface area (Å²) in [6.07, 6.45) is 2.89. The quantitative estimate of drug-likeness (QED) is 0.620. The van der Waals surface area contributed by atoms with Gasteiger partial charge in [-0.25, -0.2) is 0 Å². The molecule has 1 rings (SSSR count). The molecule has 0 amide bonds. The van der Waals surface area contributed by atoms with Crippen LogP contribution in [0.4, 0.5) is 0 Å². The van der Waals surface area contributed by atoms with Gasteiger partial charge in [0, 0.05) is 13.2 Å². The van der Waals surface area contributed by atoms with E-state index in [1.165, 1.54) is 12.8 Å². The fraction of sp³-hybridized carbons (Fsp3) is 1.00. The van der Waals surface area contributed by atoms with Crippen LogP contribution in [-0.4, -0.2) is 38.9 Å². The molecule has 3 nitrogen and oxygen atoms in total. The topological polar surface area (TPSA) is 33.3 Å². The summed E-state index contributed by atoms with van der Waals surface area (Å²) in [5.41, 5.74) is 0. The first-order chi connectivity index (χ1) is 7.70. The Labute approximate surface area is 100 Å². The average Bonchev–Trinajstić information content (AvgIpc) is 2.62. The van der Waals surface area contributed by atoms with Gasteiger partial charge in [0.25, 0.3) is 0 Å². The van der Waals surface area contributed by atoms with E-state index in [1.807, 2.05) is 0 Å². The van der Waals surface area contributed by atoms with Gasteiger partial charge in [-0.3, -0.25) is 0 Å². The maximum absolute atomic E-state index is 5.54. The molecule has 96 valence electrons.